The van der Waals surface area contributed by atoms with Crippen LogP contribution in [0.3, 0.4) is 0 Å². The van der Waals surface area contributed by atoms with E-state index in [9.17, 15) is 13.2 Å². The van der Waals surface area contributed by atoms with Crippen LogP contribution in [-0.4, -0.2) is 66.2 Å². The van der Waals surface area contributed by atoms with Crippen molar-refractivity contribution in [2.45, 2.75) is 11.3 Å². The molecule has 0 radical (unpaired) electrons. The minimum Gasteiger partial charge on any atom is -0.497 e. The maximum Gasteiger partial charge on any atom is 0.240 e. The van der Waals surface area contributed by atoms with Crippen molar-refractivity contribution in [1.29, 1.82) is 0 Å². The highest BCUT2D eigenvalue weighted by Gasteiger charge is 2.23. The molecule has 0 bridgehead atoms. The van der Waals surface area contributed by atoms with Gasteiger partial charge < -0.3 is 19.3 Å². The number of methoxy groups -OCH3 is 2. The lowest BCUT2D eigenvalue weighted by Crippen LogP contribution is -2.49. The Kier molecular flexibility index (Phi) is 7.17. The maximum absolute atomic E-state index is 12.5. The van der Waals surface area contributed by atoms with Gasteiger partial charge in [0.25, 0.3) is 0 Å². The van der Waals surface area contributed by atoms with E-state index in [0.717, 1.165) is 11.4 Å². The van der Waals surface area contributed by atoms with Gasteiger partial charge in [-0.05, 0) is 36.4 Å². The summed E-state index contributed by atoms with van der Waals surface area (Å²) in [6.45, 7) is 2.62. The number of hydrogen-bond acceptors (Lipinski definition) is 6. The SMILES string of the molecule is COc1ccc(S(=O)(=O)NCCC(=O)N2CCN(c3ccccc3OC)CC2)cc1. The van der Waals surface area contributed by atoms with Gasteiger partial charge in [0.15, 0.2) is 0 Å². The van der Waals surface area contributed by atoms with Crippen molar-refractivity contribution in [2.75, 3.05) is 51.8 Å². The minimum absolute atomic E-state index is 0.0555. The predicted octanol–water partition coefficient (Wildman–Crippen LogP) is 1.72. The second-order valence-corrected chi connectivity index (χ2v) is 8.63. The third kappa shape index (κ3) is 5.22. The summed E-state index contributed by atoms with van der Waals surface area (Å²) in [5, 5.41) is 0. The number of para-hydroxylation sites is 2. The van der Waals surface area contributed by atoms with Crippen LogP contribution in [0.15, 0.2) is 53.4 Å². The molecular formula is C21H27N3O5S. The molecule has 0 aromatic heterocycles. The van der Waals surface area contributed by atoms with Crippen LogP contribution in [0, 0.1) is 0 Å². The Hall–Kier alpha value is -2.78. The van der Waals surface area contributed by atoms with Crippen LogP contribution in [0.2, 0.25) is 0 Å². The van der Waals surface area contributed by atoms with Gasteiger partial charge in [-0.15, -0.1) is 0 Å². The molecule has 0 aliphatic carbocycles. The molecule has 9 heteroatoms. The van der Waals surface area contributed by atoms with E-state index in [0.29, 0.717) is 31.9 Å². The largest absolute Gasteiger partial charge is 0.497 e. The molecule has 1 aliphatic rings. The normalized spacial score (nSPS) is 14.5. The molecule has 0 spiro atoms. The Labute approximate surface area is 177 Å². The molecule has 2 aromatic rings. The summed E-state index contributed by atoms with van der Waals surface area (Å²) in [5.74, 6) is 1.33. The molecule has 1 heterocycles. The molecule has 3 rings (SSSR count). The number of carbonyl (C=O) groups excluding carboxylic acids is 1. The molecule has 162 valence electrons. The number of sulfonamides is 1. The number of amides is 1. The second-order valence-electron chi connectivity index (χ2n) is 6.86. The first-order valence-corrected chi connectivity index (χ1v) is 11.2. The van der Waals surface area contributed by atoms with Gasteiger partial charge in [0.1, 0.15) is 11.5 Å². The number of ether oxygens (including phenoxy) is 2. The van der Waals surface area contributed by atoms with Crippen molar-refractivity contribution >= 4 is 21.6 Å². The topological polar surface area (TPSA) is 88.2 Å². The van der Waals surface area contributed by atoms with Gasteiger partial charge in [-0.3, -0.25) is 4.79 Å². The molecule has 2 aromatic carbocycles. The number of rotatable bonds is 8. The molecule has 1 N–H and O–H groups in total. The van der Waals surface area contributed by atoms with E-state index in [4.69, 9.17) is 9.47 Å². The fourth-order valence-corrected chi connectivity index (χ4v) is 4.41. The average molecular weight is 434 g/mol. The highest BCUT2D eigenvalue weighted by Crippen LogP contribution is 2.28. The van der Waals surface area contributed by atoms with Crippen LogP contribution in [0.5, 0.6) is 11.5 Å². The summed E-state index contributed by atoms with van der Waals surface area (Å²) in [4.78, 5) is 16.6. The number of anilines is 1. The zero-order valence-corrected chi connectivity index (χ0v) is 18.0. The van der Waals surface area contributed by atoms with Gasteiger partial charge in [-0.1, -0.05) is 12.1 Å². The Morgan fingerprint density at radius 1 is 0.967 bits per heavy atom. The zero-order chi connectivity index (χ0) is 21.6. The highest BCUT2D eigenvalue weighted by atomic mass is 32.2. The first kappa shape index (κ1) is 21.9. The standard InChI is InChI=1S/C21H27N3O5S/c1-28-17-7-9-18(10-8-17)30(26,27)22-12-11-21(25)24-15-13-23(14-16-24)19-5-3-4-6-20(19)29-2/h3-10,22H,11-16H2,1-2H3. The van der Waals surface area contributed by atoms with Gasteiger partial charge in [-0.25, -0.2) is 13.1 Å². The molecule has 1 aliphatic heterocycles. The summed E-state index contributed by atoms with van der Waals surface area (Å²) in [6, 6.07) is 13.9. The quantitative estimate of drug-likeness (QED) is 0.682. The molecule has 1 amide bonds. The summed E-state index contributed by atoms with van der Waals surface area (Å²) in [5.41, 5.74) is 1.01. The lowest BCUT2D eigenvalue weighted by molar-refractivity contribution is -0.131. The molecule has 0 atom stereocenters. The number of hydrogen-bond donors (Lipinski definition) is 1. The van der Waals surface area contributed by atoms with Crippen LogP contribution in [-0.2, 0) is 14.8 Å². The van der Waals surface area contributed by atoms with Crippen molar-refractivity contribution < 1.29 is 22.7 Å². The van der Waals surface area contributed by atoms with Crippen molar-refractivity contribution in [3.63, 3.8) is 0 Å². The summed E-state index contributed by atoms with van der Waals surface area (Å²) in [6.07, 6.45) is 0.115. The van der Waals surface area contributed by atoms with Crippen molar-refractivity contribution in [3.05, 3.63) is 48.5 Å². The number of nitrogens with one attached hydrogen (secondary N) is 1. The fourth-order valence-electron chi connectivity index (χ4n) is 3.38. The maximum atomic E-state index is 12.5. The van der Waals surface area contributed by atoms with Gasteiger partial charge in [-0.2, -0.15) is 0 Å². The number of carbonyl (C=O) groups is 1. The molecule has 0 saturated carbocycles. The summed E-state index contributed by atoms with van der Waals surface area (Å²) < 4.78 is 37.6. The first-order valence-electron chi connectivity index (χ1n) is 9.74. The first-order chi connectivity index (χ1) is 14.4. The Balaban J connectivity index is 1.48. The van der Waals surface area contributed by atoms with Gasteiger partial charge >= 0.3 is 0 Å². The number of piperazine rings is 1. The molecule has 0 unspecified atom stereocenters. The lowest BCUT2D eigenvalue weighted by Gasteiger charge is -2.36. The summed E-state index contributed by atoms with van der Waals surface area (Å²) in [7, 11) is -0.501. The Morgan fingerprint density at radius 2 is 1.63 bits per heavy atom. The van der Waals surface area contributed by atoms with Crippen molar-refractivity contribution in [1.82, 2.24) is 9.62 Å². The molecule has 1 fully saturated rings. The summed E-state index contributed by atoms with van der Waals surface area (Å²) >= 11 is 0. The van der Waals surface area contributed by atoms with Crippen LogP contribution in [0.1, 0.15) is 6.42 Å². The number of nitrogens with zero attached hydrogens (tertiary/aromatic N) is 2. The van der Waals surface area contributed by atoms with Crippen LogP contribution >= 0.6 is 0 Å². The molecule has 30 heavy (non-hydrogen) atoms. The molecule has 8 nitrogen and oxygen atoms in total. The average Bonchev–Trinajstić information content (AvgIpc) is 2.79. The Morgan fingerprint density at radius 3 is 2.27 bits per heavy atom. The zero-order valence-electron chi connectivity index (χ0n) is 17.2. The van der Waals surface area contributed by atoms with Crippen LogP contribution < -0.4 is 19.1 Å². The van der Waals surface area contributed by atoms with E-state index < -0.39 is 10.0 Å². The highest BCUT2D eigenvalue weighted by molar-refractivity contribution is 7.89. The van der Waals surface area contributed by atoms with Crippen molar-refractivity contribution in [2.24, 2.45) is 0 Å². The molecular weight excluding hydrogens is 406 g/mol. The van der Waals surface area contributed by atoms with Crippen molar-refractivity contribution in [3.8, 4) is 11.5 Å². The minimum atomic E-state index is -3.66. The monoisotopic (exact) mass is 433 g/mol. The van der Waals surface area contributed by atoms with E-state index in [-0.39, 0.29) is 23.8 Å². The second kappa shape index (κ2) is 9.82. The van der Waals surface area contributed by atoms with E-state index in [2.05, 4.69) is 9.62 Å². The lowest BCUT2D eigenvalue weighted by atomic mass is 10.2. The van der Waals surface area contributed by atoms with E-state index in [1.807, 2.05) is 24.3 Å². The molecule has 1 saturated heterocycles. The third-order valence-electron chi connectivity index (χ3n) is 5.06. The predicted molar refractivity (Wildman–Crippen MR) is 115 cm³/mol. The Bertz CT molecular complexity index is 955. The van der Waals surface area contributed by atoms with E-state index in [1.165, 1.54) is 19.2 Å². The smallest absolute Gasteiger partial charge is 0.240 e. The third-order valence-corrected chi connectivity index (χ3v) is 6.54. The van der Waals surface area contributed by atoms with Crippen LogP contribution in [0.25, 0.3) is 0 Å². The van der Waals surface area contributed by atoms with E-state index >= 15 is 0 Å². The number of benzene rings is 2. The van der Waals surface area contributed by atoms with Gasteiger partial charge in [0, 0.05) is 39.1 Å². The van der Waals surface area contributed by atoms with Gasteiger partial charge in [0.05, 0.1) is 24.8 Å². The van der Waals surface area contributed by atoms with E-state index in [1.54, 1.807) is 24.1 Å². The van der Waals surface area contributed by atoms with Crippen LogP contribution in [0.4, 0.5) is 5.69 Å². The van der Waals surface area contributed by atoms with Gasteiger partial charge in [0.2, 0.25) is 15.9 Å². The fraction of sp³-hybridized carbons (Fsp3) is 0.381.